The molecule has 2 aromatic carbocycles. The van der Waals surface area contributed by atoms with Gasteiger partial charge in [-0.1, -0.05) is 24.3 Å². The Morgan fingerprint density at radius 3 is 2.58 bits per heavy atom. The maximum Gasteiger partial charge on any atom is 0.226 e. The van der Waals surface area contributed by atoms with Crippen LogP contribution in [0, 0.1) is 0 Å². The van der Waals surface area contributed by atoms with E-state index in [0.717, 1.165) is 28.8 Å². The van der Waals surface area contributed by atoms with Gasteiger partial charge in [0.25, 0.3) is 0 Å². The molecule has 6 heteroatoms. The summed E-state index contributed by atoms with van der Waals surface area (Å²) in [5.41, 5.74) is 10.6. The van der Waals surface area contributed by atoms with Crippen molar-refractivity contribution in [3.8, 4) is 11.5 Å². The highest BCUT2D eigenvalue weighted by atomic mass is 35.5. The van der Waals surface area contributed by atoms with Gasteiger partial charge in [0.1, 0.15) is 6.26 Å². The Balaban J connectivity index is 0.00000169. The van der Waals surface area contributed by atoms with E-state index in [-0.39, 0.29) is 12.4 Å². The van der Waals surface area contributed by atoms with Crippen LogP contribution in [0.15, 0.2) is 65.5 Å². The molecule has 0 atom stereocenters. The topological polar surface area (TPSA) is 69.9 Å². The van der Waals surface area contributed by atoms with Crippen molar-refractivity contribution < 1.29 is 4.42 Å². The zero-order valence-electron chi connectivity index (χ0n) is 12.9. The molecular formula is C18H17ClN4O. The van der Waals surface area contributed by atoms with E-state index >= 15 is 0 Å². The molecule has 4 aromatic rings. The minimum atomic E-state index is 0. The van der Waals surface area contributed by atoms with E-state index in [1.807, 2.05) is 36.7 Å². The summed E-state index contributed by atoms with van der Waals surface area (Å²) in [6.07, 6.45) is 3.47. The number of hydrogen-bond donors (Lipinski definition) is 1. The predicted molar refractivity (Wildman–Crippen MR) is 95.9 cm³/mol. The maximum atomic E-state index is 5.56. The number of fused-ring (bicyclic) bond motifs is 1. The molecule has 0 amide bonds. The van der Waals surface area contributed by atoms with Crippen LogP contribution < -0.4 is 5.73 Å². The fourth-order valence-electron chi connectivity index (χ4n) is 2.62. The highest BCUT2D eigenvalue weighted by Crippen LogP contribution is 2.20. The molecule has 0 saturated carbocycles. The number of rotatable bonds is 4. The van der Waals surface area contributed by atoms with Crippen molar-refractivity contribution in [2.75, 3.05) is 0 Å². The molecule has 0 saturated heterocycles. The van der Waals surface area contributed by atoms with Gasteiger partial charge in [0.05, 0.1) is 23.1 Å². The lowest BCUT2D eigenvalue weighted by Gasteiger charge is -2.05. The number of halogens is 1. The predicted octanol–water partition coefficient (Wildman–Crippen LogP) is 3.62. The van der Waals surface area contributed by atoms with Gasteiger partial charge in [-0.25, -0.2) is 9.97 Å². The first kappa shape index (κ1) is 16.2. The highest BCUT2D eigenvalue weighted by Gasteiger charge is 2.07. The van der Waals surface area contributed by atoms with E-state index in [4.69, 9.17) is 10.2 Å². The van der Waals surface area contributed by atoms with Crippen molar-refractivity contribution in [3.63, 3.8) is 0 Å². The summed E-state index contributed by atoms with van der Waals surface area (Å²) in [5, 5.41) is 0. The fraction of sp³-hybridized carbons (Fsp3) is 0.111. The molecule has 0 aliphatic heterocycles. The summed E-state index contributed by atoms with van der Waals surface area (Å²) >= 11 is 0. The third-order valence-corrected chi connectivity index (χ3v) is 3.84. The molecule has 5 nitrogen and oxygen atoms in total. The molecule has 2 heterocycles. The third kappa shape index (κ3) is 3.04. The van der Waals surface area contributed by atoms with Crippen molar-refractivity contribution >= 4 is 23.4 Å². The lowest BCUT2D eigenvalue weighted by Crippen LogP contribution is -1.98. The molecule has 4 rings (SSSR count). The van der Waals surface area contributed by atoms with E-state index < -0.39 is 0 Å². The molecule has 2 aromatic heterocycles. The Kier molecular flexibility index (Phi) is 4.64. The first-order chi connectivity index (χ1) is 11.3. The van der Waals surface area contributed by atoms with E-state index in [2.05, 4.69) is 32.7 Å². The Bertz CT molecular complexity index is 943. The number of aromatic nitrogens is 3. The Morgan fingerprint density at radius 2 is 1.83 bits per heavy atom. The number of para-hydroxylation sites is 2. The number of hydrogen-bond acceptors (Lipinski definition) is 4. The SMILES string of the molecule is Cl.NCc1coc(-c2ccc(Cn3cnc4ccccc43)cc2)n1. The van der Waals surface area contributed by atoms with Gasteiger partial charge in [-0.15, -0.1) is 12.4 Å². The van der Waals surface area contributed by atoms with Gasteiger partial charge in [-0.2, -0.15) is 0 Å². The smallest absolute Gasteiger partial charge is 0.226 e. The molecular weight excluding hydrogens is 324 g/mol. The van der Waals surface area contributed by atoms with Crippen LogP contribution in [0.25, 0.3) is 22.5 Å². The van der Waals surface area contributed by atoms with E-state index in [0.29, 0.717) is 12.4 Å². The second kappa shape index (κ2) is 6.86. The van der Waals surface area contributed by atoms with Crippen LogP contribution in [0.4, 0.5) is 0 Å². The van der Waals surface area contributed by atoms with Crippen LogP contribution >= 0.6 is 12.4 Å². The summed E-state index contributed by atoms with van der Waals surface area (Å²) < 4.78 is 7.58. The molecule has 0 fully saturated rings. The molecule has 0 aliphatic carbocycles. The van der Waals surface area contributed by atoms with Crippen LogP contribution in [-0.4, -0.2) is 14.5 Å². The number of oxazole rings is 1. The van der Waals surface area contributed by atoms with Crippen LogP contribution in [0.2, 0.25) is 0 Å². The molecule has 0 spiro atoms. The number of nitrogens with zero attached hydrogens (tertiary/aromatic N) is 3. The van der Waals surface area contributed by atoms with Crippen LogP contribution in [0.3, 0.4) is 0 Å². The van der Waals surface area contributed by atoms with Gasteiger partial charge < -0.3 is 14.7 Å². The molecule has 0 radical (unpaired) electrons. The Labute approximate surface area is 145 Å². The van der Waals surface area contributed by atoms with Crippen molar-refractivity contribution in [1.29, 1.82) is 0 Å². The average Bonchev–Trinajstić information content (AvgIpc) is 3.23. The maximum absolute atomic E-state index is 5.56. The summed E-state index contributed by atoms with van der Waals surface area (Å²) in [7, 11) is 0. The normalized spacial score (nSPS) is 10.7. The lowest BCUT2D eigenvalue weighted by atomic mass is 10.1. The monoisotopic (exact) mass is 340 g/mol. The zero-order valence-corrected chi connectivity index (χ0v) is 13.7. The third-order valence-electron chi connectivity index (χ3n) is 3.84. The minimum absolute atomic E-state index is 0. The van der Waals surface area contributed by atoms with Gasteiger partial charge >= 0.3 is 0 Å². The van der Waals surface area contributed by atoms with E-state index in [1.54, 1.807) is 6.26 Å². The number of benzene rings is 2. The summed E-state index contributed by atoms with van der Waals surface area (Å²) in [6.45, 7) is 1.16. The van der Waals surface area contributed by atoms with Gasteiger partial charge in [0, 0.05) is 18.7 Å². The molecule has 0 aliphatic rings. The molecule has 2 N–H and O–H groups in total. The van der Waals surface area contributed by atoms with Crippen molar-refractivity contribution in [2.24, 2.45) is 5.73 Å². The van der Waals surface area contributed by atoms with Gasteiger partial charge in [0.2, 0.25) is 5.89 Å². The fourth-order valence-corrected chi connectivity index (χ4v) is 2.62. The molecule has 0 unspecified atom stereocenters. The molecule has 24 heavy (non-hydrogen) atoms. The average molecular weight is 341 g/mol. The molecule has 0 bridgehead atoms. The largest absolute Gasteiger partial charge is 0.444 e. The summed E-state index contributed by atoms with van der Waals surface area (Å²) in [5.74, 6) is 0.602. The number of nitrogens with two attached hydrogens (primary N) is 1. The summed E-state index contributed by atoms with van der Waals surface area (Å²) in [4.78, 5) is 8.76. The second-order valence-corrected chi connectivity index (χ2v) is 5.41. The highest BCUT2D eigenvalue weighted by molar-refractivity contribution is 5.85. The zero-order chi connectivity index (χ0) is 15.6. The summed E-state index contributed by atoms with van der Waals surface area (Å²) in [6, 6.07) is 16.3. The van der Waals surface area contributed by atoms with Crippen molar-refractivity contribution in [2.45, 2.75) is 13.1 Å². The quantitative estimate of drug-likeness (QED) is 0.616. The minimum Gasteiger partial charge on any atom is -0.444 e. The van der Waals surface area contributed by atoms with Crippen LogP contribution in [-0.2, 0) is 13.1 Å². The Morgan fingerprint density at radius 1 is 1.04 bits per heavy atom. The Hall–Kier alpha value is -2.63. The van der Waals surface area contributed by atoms with Crippen LogP contribution in [0.1, 0.15) is 11.3 Å². The number of imidazole rings is 1. The van der Waals surface area contributed by atoms with Gasteiger partial charge in [-0.05, 0) is 29.8 Å². The van der Waals surface area contributed by atoms with E-state index in [9.17, 15) is 0 Å². The van der Waals surface area contributed by atoms with Crippen molar-refractivity contribution in [3.05, 3.63) is 72.4 Å². The second-order valence-electron chi connectivity index (χ2n) is 5.41. The lowest BCUT2D eigenvalue weighted by molar-refractivity contribution is 0.572. The van der Waals surface area contributed by atoms with E-state index in [1.165, 1.54) is 5.56 Å². The first-order valence-electron chi connectivity index (χ1n) is 7.47. The van der Waals surface area contributed by atoms with Crippen molar-refractivity contribution in [1.82, 2.24) is 14.5 Å². The molecule has 122 valence electrons. The standard InChI is InChI=1S/C18H16N4O.ClH/c19-9-15-11-23-18(21-15)14-7-5-13(6-8-14)10-22-12-20-16-3-1-2-4-17(16)22;/h1-8,11-12H,9-10,19H2;1H. The van der Waals surface area contributed by atoms with Crippen LogP contribution in [0.5, 0.6) is 0 Å². The van der Waals surface area contributed by atoms with Gasteiger partial charge in [0.15, 0.2) is 0 Å². The first-order valence-corrected chi connectivity index (χ1v) is 7.47. The van der Waals surface area contributed by atoms with Gasteiger partial charge in [-0.3, -0.25) is 0 Å².